The van der Waals surface area contributed by atoms with Gasteiger partial charge in [-0.25, -0.2) is 13.4 Å². The van der Waals surface area contributed by atoms with E-state index in [4.69, 9.17) is 10.8 Å². The molecule has 16 heteroatoms. The number of allylic oxidation sites excluding steroid dienone is 1. The Kier molecular flexibility index (Phi) is 6.23. The third-order valence-electron chi connectivity index (χ3n) is 7.28. The van der Waals surface area contributed by atoms with Gasteiger partial charge in [-0.15, -0.1) is 15.2 Å². The minimum atomic E-state index is -4.07. The molecule has 0 amide bonds. The lowest BCUT2D eigenvalue weighted by molar-refractivity contribution is 0.379. The summed E-state index contributed by atoms with van der Waals surface area (Å²) in [4.78, 5) is 15.5. The molecule has 5 heterocycles. The second-order valence-corrected chi connectivity index (χ2v) is 13.5. The van der Waals surface area contributed by atoms with Crippen molar-refractivity contribution in [3.05, 3.63) is 53.5 Å². The van der Waals surface area contributed by atoms with Crippen molar-refractivity contribution in [3.8, 4) is 18.0 Å². The van der Waals surface area contributed by atoms with Crippen molar-refractivity contribution in [3.63, 3.8) is 0 Å². The second kappa shape index (κ2) is 9.52. The fourth-order valence-corrected chi connectivity index (χ4v) is 7.15. The molecule has 0 radical (unpaired) electrons. The Balaban J connectivity index is 1.61. The smallest absolute Gasteiger partial charge is 0.321 e. The first-order chi connectivity index (χ1) is 20.2. The van der Waals surface area contributed by atoms with Gasteiger partial charge in [0.15, 0.2) is 17.3 Å². The van der Waals surface area contributed by atoms with Crippen molar-refractivity contribution < 1.29 is 18.6 Å². The maximum atomic E-state index is 14.1. The van der Waals surface area contributed by atoms with Gasteiger partial charge in [-0.3, -0.25) is 0 Å². The number of aliphatic imine (C=N–C) groups is 1. The minimum absolute atomic E-state index is 0.0194. The van der Waals surface area contributed by atoms with Crippen molar-refractivity contribution in [2.24, 2.45) is 15.2 Å². The lowest BCUT2D eigenvalue weighted by Gasteiger charge is -2.30. The summed E-state index contributed by atoms with van der Waals surface area (Å²) in [6.45, 7) is 9.46. The summed E-state index contributed by atoms with van der Waals surface area (Å²) in [6, 6.07) is 5.38. The number of nitrogens with two attached hydrogens (primary N) is 1. The van der Waals surface area contributed by atoms with Crippen molar-refractivity contribution in [1.29, 1.82) is 0 Å². The molecule has 0 spiro atoms. The Bertz CT molecular complexity index is 1980. The van der Waals surface area contributed by atoms with E-state index < -0.39 is 32.7 Å². The third kappa shape index (κ3) is 4.45. The zero-order valence-electron chi connectivity index (χ0n) is 24.0. The molecule has 2 aliphatic rings. The maximum Gasteiger partial charge on any atom is 0.321 e. The van der Waals surface area contributed by atoms with E-state index in [1.54, 1.807) is 30.5 Å². The Morgan fingerprint density at radius 1 is 1.00 bits per heavy atom. The molecule has 0 unspecified atom stereocenters. The molecular formula is C27H29N11O4S. The van der Waals surface area contributed by atoms with E-state index in [1.807, 2.05) is 40.7 Å². The van der Waals surface area contributed by atoms with Crippen LogP contribution >= 0.6 is 0 Å². The van der Waals surface area contributed by atoms with Gasteiger partial charge in [-0.2, -0.15) is 29.5 Å². The summed E-state index contributed by atoms with van der Waals surface area (Å²) < 4.78 is 30.8. The van der Waals surface area contributed by atoms with Crippen LogP contribution in [0.1, 0.15) is 64.4 Å². The Morgan fingerprint density at radius 3 is 2.35 bits per heavy atom. The summed E-state index contributed by atoms with van der Waals surface area (Å²) in [5.41, 5.74) is 6.50. The number of fused-ring (bicyclic) bond motifs is 2. The number of anilines is 1. The molecule has 4 N–H and O–H groups in total. The van der Waals surface area contributed by atoms with Gasteiger partial charge in [0, 0.05) is 23.5 Å². The van der Waals surface area contributed by atoms with E-state index in [1.165, 1.54) is 4.68 Å². The molecule has 15 nitrogen and oxygen atoms in total. The molecule has 4 aromatic rings. The average Bonchev–Trinajstić information content (AvgIpc) is 3.50. The molecule has 1 aromatic carbocycles. The van der Waals surface area contributed by atoms with Crippen LogP contribution < -0.4 is 5.73 Å². The predicted molar refractivity (Wildman–Crippen MR) is 155 cm³/mol. The molecule has 0 saturated carbocycles. The van der Waals surface area contributed by atoms with Crippen molar-refractivity contribution in [2.45, 2.75) is 68.1 Å². The van der Waals surface area contributed by atoms with E-state index in [-0.39, 0.29) is 33.1 Å². The summed E-state index contributed by atoms with van der Waals surface area (Å²) in [5.74, 6) is 0.178. The van der Waals surface area contributed by atoms with Crippen LogP contribution in [0.4, 0.5) is 17.3 Å². The van der Waals surface area contributed by atoms with Gasteiger partial charge in [0.2, 0.25) is 9.84 Å². The molecule has 0 saturated heterocycles. The monoisotopic (exact) mass is 603 g/mol. The van der Waals surface area contributed by atoms with Crippen molar-refractivity contribution in [1.82, 2.24) is 34.5 Å². The van der Waals surface area contributed by atoms with Crippen LogP contribution in [0.2, 0.25) is 0 Å². The quantitative estimate of drug-likeness (QED) is 0.286. The molecule has 3 aromatic heterocycles. The van der Waals surface area contributed by atoms with Crippen molar-refractivity contribution >= 4 is 33.0 Å². The fraction of sp³-hybridized carbons (Fsp3) is 0.333. The number of azo groups is 1. The van der Waals surface area contributed by atoms with Gasteiger partial charge in [0.25, 0.3) is 5.95 Å². The normalized spacial score (nSPS) is 17.1. The Labute approximate surface area is 246 Å². The van der Waals surface area contributed by atoms with Gasteiger partial charge >= 0.3 is 12.0 Å². The number of hydrogen-bond acceptors (Lipinski definition) is 13. The van der Waals surface area contributed by atoms with Gasteiger partial charge in [0.1, 0.15) is 10.7 Å². The second-order valence-electron chi connectivity index (χ2n) is 11.7. The first-order valence-electron chi connectivity index (χ1n) is 13.4. The van der Waals surface area contributed by atoms with Crippen LogP contribution in [0.15, 0.2) is 61.6 Å². The number of benzene rings is 1. The number of hydrogen-bond donors (Lipinski definition) is 3. The highest BCUT2D eigenvalue weighted by atomic mass is 32.2. The van der Waals surface area contributed by atoms with Crippen LogP contribution in [0.5, 0.6) is 12.0 Å². The molecule has 2 aliphatic heterocycles. The van der Waals surface area contributed by atoms with Gasteiger partial charge in [0.05, 0.1) is 16.3 Å². The van der Waals surface area contributed by atoms with Crippen LogP contribution in [0.3, 0.4) is 0 Å². The largest absolute Gasteiger partial charge is 0.479 e. The van der Waals surface area contributed by atoms with E-state index >= 15 is 0 Å². The molecule has 0 aliphatic carbocycles. The lowest BCUT2D eigenvalue weighted by Crippen LogP contribution is -2.29. The SMILES string of the molecule is CC(C)(C)c1nn(-c2nc(O)nc(O)n2)c(N)c1N=Nc1c2c(nn1C1=NC=CCC1)C(C)(C)c1ccccc1S2(=O)=O. The summed E-state index contributed by atoms with van der Waals surface area (Å²) in [7, 11) is -4.07. The molecule has 0 bridgehead atoms. The van der Waals surface area contributed by atoms with E-state index in [0.717, 1.165) is 4.68 Å². The van der Waals surface area contributed by atoms with Crippen LogP contribution in [-0.2, 0) is 20.7 Å². The Morgan fingerprint density at radius 2 is 1.70 bits per heavy atom. The van der Waals surface area contributed by atoms with Crippen LogP contribution in [0, 0.1) is 0 Å². The minimum Gasteiger partial charge on any atom is -0.479 e. The lowest BCUT2D eigenvalue weighted by atomic mass is 9.81. The number of aromatic nitrogens is 7. The highest BCUT2D eigenvalue weighted by Crippen LogP contribution is 2.49. The maximum absolute atomic E-state index is 14.1. The number of sulfone groups is 1. The summed E-state index contributed by atoms with van der Waals surface area (Å²) in [5, 5.41) is 37.9. The predicted octanol–water partition coefficient (Wildman–Crippen LogP) is 3.99. The molecule has 0 fully saturated rings. The first kappa shape index (κ1) is 28.1. The number of rotatable bonds is 3. The van der Waals surface area contributed by atoms with Crippen molar-refractivity contribution in [2.75, 3.05) is 5.73 Å². The van der Waals surface area contributed by atoms with Gasteiger partial charge in [-0.1, -0.05) is 45.0 Å². The molecule has 0 atom stereocenters. The van der Waals surface area contributed by atoms with E-state index in [2.05, 4.69) is 35.3 Å². The average molecular weight is 604 g/mol. The number of nitrogen functional groups attached to an aromatic ring is 1. The zero-order chi connectivity index (χ0) is 30.9. The standard InChI is InChI=1S/C27H29N11O4S/c1-26(2,3)19-17(21(28)38(35-19)23-30-24(39)32-25(40)31-23)33-34-22-18-20(36-37(22)16-12-8-9-13-29-16)27(4,5)14-10-6-7-11-15(14)43(18,41)42/h6-7,9-11,13H,8,12,28H2,1-5H3,(H2,30,31,32,39,40). The van der Waals surface area contributed by atoms with Crippen LogP contribution in [0.25, 0.3) is 5.95 Å². The molecule has 6 rings (SSSR count). The zero-order valence-corrected chi connectivity index (χ0v) is 24.9. The van der Waals surface area contributed by atoms with Gasteiger partial charge in [-0.05, 0) is 31.9 Å². The Hall–Kier alpha value is -4.99. The van der Waals surface area contributed by atoms with Crippen LogP contribution in [-0.4, -0.2) is 59.0 Å². The first-order valence-corrected chi connectivity index (χ1v) is 14.8. The number of aromatic hydroxyl groups is 2. The number of nitrogens with zero attached hydrogens (tertiary/aromatic N) is 10. The highest BCUT2D eigenvalue weighted by Gasteiger charge is 2.46. The van der Waals surface area contributed by atoms with E-state index in [0.29, 0.717) is 35.6 Å². The van der Waals surface area contributed by atoms with E-state index in [9.17, 15) is 18.6 Å². The molecular weight excluding hydrogens is 574 g/mol. The molecule has 43 heavy (non-hydrogen) atoms. The highest BCUT2D eigenvalue weighted by molar-refractivity contribution is 7.91. The summed E-state index contributed by atoms with van der Waals surface area (Å²) in [6.07, 6.45) is 4.75. The summed E-state index contributed by atoms with van der Waals surface area (Å²) >= 11 is 0. The third-order valence-corrected chi connectivity index (χ3v) is 9.13. The molecule has 222 valence electrons. The van der Waals surface area contributed by atoms with Gasteiger partial charge < -0.3 is 15.9 Å². The fourth-order valence-electron chi connectivity index (χ4n) is 5.14. The topological polar surface area (TPSA) is 212 Å².